The highest BCUT2D eigenvalue weighted by Gasteiger charge is 2.35. The summed E-state index contributed by atoms with van der Waals surface area (Å²) in [4.78, 5) is 12.1. The van der Waals surface area contributed by atoms with Crippen molar-refractivity contribution in [3.05, 3.63) is 35.9 Å². The van der Waals surface area contributed by atoms with Crippen LogP contribution in [0.15, 0.2) is 30.3 Å². The maximum atomic E-state index is 12.1. The van der Waals surface area contributed by atoms with Crippen LogP contribution >= 0.6 is 0 Å². The third-order valence-electron chi connectivity index (χ3n) is 3.80. The van der Waals surface area contributed by atoms with Crippen LogP contribution in [-0.2, 0) is 4.79 Å². The molecule has 19 heavy (non-hydrogen) atoms. The zero-order valence-corrected chi connectivity index (χ0v) is 11.4. The Hall–Kier alpha value is -1.39. The molecule has 1 aliphatic heterocycles. The van der Waals surface area contributed by atoms with E-state index in [0.717, 1.165) is 25.1 Å². The van der Waals surface area contributed by atoms with Crippen molar-refractivity contribution in [2.45, 2.75) is 25.9 Å². The van der Waals surface area contributed by atoms with Crippen LogP contribution in [0.4, 0.5) is 0 Å². The van der Waals surface area contributed by atoms with Gasteiger partial charge in [0.25, 0.3) is 0 Å². The van der Waals surface area contributed by atoms with Crippen LogP contribution in [0.5, 0.6) is 0 Å². The molecule has 1 aromatic carbocycles. The van der Waals surface area contributed by atoms with E-state index >= 15 is 0 Å². The molecule has 0 radical (unpaired) electrons. The van der Waals surface area contributed by atoms with Gasteiger partial charge in [0, 0.05) is 13.1 Å². The first kappa shape index (κ1) is 14.0. The molecule has 4 nitrogen and oxygen atoms in total. The van der Waals surface area contributed by atoms with Gasteiger partial charge in [0.05, 0.1) is 11.5 Å². The van der Waals surface area contributed by atoms with Crippen molar-refractivity contribution in [2.75, 3.05) is 19.6 Å². The van der Waals surface area contributed by atoms with Crippen LogP contribution in [-0.4, -0.2) is 30.6 Å². The summed E-state index contributed by atoms with van der Waals surface area (Å²) in [6, 6.07) is 9.53. The molecule has 1 saturated heterocycles. The number of amides is 1. The number of benzene rings is 1. The van der Waals surface area contributed by atoms with E-state index in [9.17, 15) is 9.90 Å². The van der Waals surface area contributed by atoms with Crippen LogP contribution in [0.25, 0.3) is 0 Å². The monoisotopic (exact) mass is 262 g/mol. The van der Waals surface area contributed by atoms with Crippen LogP contribution < -0.4 is 10.6 Å². The zero-order chi connectivity index (χ0) is 13.7. The molecule has 0 aliphatic carbocycles. The first-order valence-electron chi connectivity index (χ1n) is 6.84. The maximum absolute atomic E-state index is 12.1. The SMILES string of the molecule is CC1(C(=O)NCCC(O)c2ccccc2)CCNC1. The van der Waals surface area contributed by atoms with Crippen molar-refractivity contribution in [2.24, 2.45) is 5.41 Å². The smallest absolute Gasteiger partial charge is 0.227 e. The van der Waals surface area contributed by atoms with Crippen LogP contribution in [0.2, 0.25) is 0 Å². The van der Waals surface area contributed by atoms with Crippen molar-refractivity contribution in [1.29, 1.82) is 0 Å². The summed E-state index contributed by atoms with van der Waals surface area (Å²) in [6.45, 7) is 4.12. The number of hydrogen-bond donors (Lipinski definition) is 3. The molecule has 2 unspecified atom stereocenters. The molecule has 0 aromatic heterocycles. The summed E-state index contributed by atoms with van der Waals surface area (Å²) in [7, 11) is 0. The molecule has 2 rings (SSSR count). The second kappa shape index (κ2) is 6.17. The van der Waals surface area contributed by atoms with E-state index in [4.69, 9.17) is 0 Å². The summed E-state index contributed by atoms with van der Waals surface area (Å²) in [5.41, 5.74) is 0.600. The predicted octanol–water partition coefficient (Wildman–Crippen LogP) is 1.23. The van der Waals surface area contributed by atoms with Crippen molar-refractivity contribution in [3.8, 4) is 0 Å². The Morgan fingerprint density at radius 1 is 1.47 bits per heavy atom. The number of carbonyl (C=O) groups is 1. The molecule has 2 atom stereocenters. The van der Waals surface area contributed by atoms with E-state index in [0.29, 0.717) is 13.0 Å². The molecular weight excluding hydrogens is 240 g/mol. The Balaban J connectivity index is 1.76. The Bertz CT molecular complexity index is 413. The van der Waals surface area contributed by atoms with Crippen LogP contribution in [0.1, 0.15) is 31.4 Å². The van der Waals surface area contributed by atoms with E-state index in [-0.39, 0.29) is 11.3 Å². The van der Waals surface area contributed by atoms with E-state index in [1.54, 1.807) is 0 Å². The van der Waals surface area contributed by atoms with Gasteiger partial charge in [-0.2, -0.15) is 0 Å². The minimum absolute atomic E-state index is 0.0813. The fraction of sp³-hybridized carbons (Fsp3) is 0.533. The van der Waals surface area contributed by atoms with E-state index in [1.807, 2.05) is 37.3 Å². The Morgan fingerprint density at radius 3 is 2.84 bits per heavy atom. The minimum Gasteiger partial charge on any atom is -0.388 e. The maximum Gasteiger partial charge on any atom is 0.227 e. The molecule has 0 saturated carbocycles. The lowest BCUT2D eigenvalue weighted by Crippen LogP contribution is -2.41. The highest BCUT2D eigenvalue weighted by molar-refractivity contribution is 5.82. The van der Waals surface area contributed by atoms with E-state index in [1.165, 1.54) is 0 Å². The molecule has 1 fully saturated rings. The van der Waals surface area contributed by atoms with Gasteiger partial charge in [0.1, 0.15) is 0 Å². The Labute approximate surface area is 114 Å². The summed E-state index contributed by atoms with van der Waals surface area (Å²) < 4.78 is 0. The summed E-state index contributed by atoms with van der Waals surface area (Å²) in [6.07, 6.45) is 0.898. The predicted molar refractivity (Wildman–Crippen MR) is 74.6 cm³/mol. The fourth-order valence-electron chi connectivity index (χ4n) is 2.39. The lowest BCUT2D eigenvalue weighted by molar-refractivity contribution is -0.129. The van der Waals surface area contributed by atoms with Gasteiger partial charge in [-0.25, -0.2) is 0 Å². The Kier molecular flexibility index (Phi) is 4.56. The molecule has 1 heterocycles. The summed E-state index contributed by atoms with van der Waals surface area (Å²) in [5, 5.41) is 16.1. The molecule has 1 aliphatic rings. The van der Waals surface area contributed by atoms with E-state index < -0.39 is 6.10 Å². The average Bonchev–Trinajstić information content (AvgIpc) is 2.88. The Morgan fingerprint density at radius 2 is 2.21 bits per heavy atom. The van der Waals surface area contributed by atoms with Crippen LogP contribution in [0.3, 0.4) is 0 Å². The average molecular weight is 262 g/mol. The summed E-state index contributed by atoms with van der Waals surface area (Å²) in [5.74, 6) is 0.0813. The highest BCUT2D eigenvalue weighted by atomic mass is 16.3. The van der Waals surface area contributed by atoms with Crippen LogP contribution in [0, 0.1) is 5.41 Å². The van der Waals surface area contributed by atoms with Gasteiger partial charge in [-0.05, 0) is 31.9 Å². The molecule has 0 spiro atoms. The van der Waals surface area contributed by atoms with Gasteiger partial charge in [-0.15, -0.1) is 0 Å². The van der Waals surface area contributed by atoms with Crippen molar-refractivity contribution in [1.82, 2.24) is 10.6 Å². The first-order chi connectivity index (χ1) is 9.12. The number of aliphatic hydroxyl groups excluding tert-OH is 1. The van der Waals surface area contributed by atoms with Gasteiger partial charge in [-0.1, -0.05) is 30.3 Å². The first-order valence-corrected chi connectivity index (χ1v) is 6.84. The van der Waals surface area contributed by atoms with Crippen molar-refractivity contribution in [3.63, 3.8) is 0 Å². The third-order valence-corrected chi connectivity index (χ3v) is 3.80. The number of hydrogen-bond acceptors (Lipinski definition) is 3. The normalized spacial score (nSPS) is 24.1. The number of aliphatic hydroxyl groups is 1. The number of rotatable bonds is 5. The second-order valence-electron chi connectivity index (χ2n) is 5.46. The van der Waals surface area contributed by atoms with Gasteiger partial charge >= 0.3 is 0 Å². The largest absolute Gasteiger partial charge is 0.388 e. The molecule has 3 N–H and O–H groups in total. The standard InChI is InChI=1S/C15H22N2O2/c1-15(8-10-16-11-15)14(19)17-9-7-13(18)12-5-3-2-4-6-12/h2-6,13,16,18H,7-11H2,1H3,(H,17,19). The lowest BCUT2D eigenvalue weighted by Gasteiger charge is -2.22. The highest BCUT2D eigenvalue weighted by Crippen LogP contribution is 2.24. The van der Waals surface area contributed by atoms with Crippen molar-refractivity contribution < 1.29 is 9.90 Å². The molecular formula is C15H22N2O2. The van der Waals surface area contributed by atoms with Gasteiger partial charge < -0.3 is 15.7 Å². The topological polar surface area (TPSA) is 61.4 Å². The number of nitrogens with one attached hydrogen (secondary N) is 2. The molecule has 1 aromatic rings. The zero-order valence-electron chi connectivity index (χ0n) is 11.4. The molecule has 1 amide bonds. The van der Waals surface area contributed by atoms with Gasteiger partial charge in [-0.3, -0.25) is 4.79 Å². The summed E-state index contributed by atoms with van der Waals surface area (Å²) >= 11 is 0. The van der Waals surface area contributed by atoms with Crippen molar-refractivity contribution >= 4 is 5.91 Å². The lowest BCUT2D eigenvalue weighted by atomic mass is 9.89. The molecule has 0 bridgehead atoms. The second-order valence-corrected chi connectivity index (χ2v) is 5.46. The molecule has 4 heteroatoms. The molecule has 104 valence electrons. The van der Waals surface area contributed by atoms with Gasteiger partial charge in [0.2, 0.25) is 5.91 Å². The quantitative estimate of drug-likeness (QED) is 0.748. The minimum atomic E-state index is -0.518. The van der Waals surface area contributed by atoms with Gasteiger partial charge in [0.15, 0.2) is 0 Å². The third kappa shape index (κ3) is 3.55. The van der Waals surface area contributed by atoms with E-state index in [2.05, 4.69) is 10.6 Å². The fourth-order valence-corrected chi connectivity index (χ4v) is 2.39. The number of carbonyl (C=O) groups excluding carboxylic acids is 1.